The average Bonchev–Trinajstić information content (AvgIpc) is 0.872. The van der Waals surface area contributed by atoms with Gasteiger partial charge in [-0.05, 0) is 239 Å². The predicted octanol–water partition coefficient (Wildman–Crippen LogP) is 25.5. The van der Waals surface area contributed by atoms with Crippen molar-refractivity contribution in [1.29, 1.82) is 36.8 Å². The minimum absolute atomic E-state index is 0.527. The third-order valence-corrected chi connectivity index (χ3v) is 16.7. The van der Waals surface area contributed by atoms with Crippen LogP contribution in [0.2, 0.25) is 0 Å². The van der Waals surface area contributed by atoms with Gasteiger partial charge in [0.15, 0.2) is 0 Å². The van der Waals surface area contributed by atoms with Crippen LogP contribution in [0.25, 0.3) is 0 Å². The van der Waals surface area contributed by atoms with E-state index in [2.05, 4.69) is 300 Å². The molecular formula is C104H97N7. The summed E-state index contributed by atoms with van der Waals surface area (Å²) >= 11 is 0. The van der Waals surface area contributed by atoms with Crippen LogP contribution in [-0.4, -0.2) is 0 Å². The molecule has 548 valence electrons. The van der Waals surface area contributed by atoms with E-state index in [1.807, 2.05) is 97.1 Å². The first-order valence-corrected chi connectivity index (χ1v) is 36.4. The molecule has 0 atom stereocenters. The van der Waals surface area contributed by atoms with E-state index < -0.39 is 0 Å². The van der Waals surface area contributed by atoms with E-state index in [1.165, 1.54) is 89.0 Å². The molecule has 0 N–H and O–H groups in total. The van der Waals surface area contributed by atoms with Crippen molar-refractivity contribution >= 4 is 0 Å². The molecule has 14 aromatic carbocycles. The molecule has 0 aliphatic heterocycles. The zero-order valence-corrected chi connectivity index (χ0v) is 65.5. The highest BCUT2D eigenvalue weighted by atomic mass is 14.3. The van der Waals surface area contributed by atoms with Crippen molar-refractivity contribution in [3.63, 3.8) is 0 Å². The topological polar surface area (TPSA) is 167 Å². The van der Waals surface area contributed by atoms with E-state index in [9.17, 15) is 0 Å². The Balaban J connectivity index is 0.000000259. The normalized spacial score (nSPS) is 9.04. The van der Waals surface area contributed by atoms with Crippen LogP contribution in [0.5, 0.6) is 0 Å². The summed E-state index contributed by atoms with van der Waals surface area (Å²) < 4.78 is 0. The van der Waals surface area contributed by atoms with Crippen LogP contribution in [0.4, 0.5) is 0 Å². The summed E-state index contributed by atoms with van der Waals surface area (Å²) in [5.41, 5.74) is 26.3. The largest absolute Gasteiger partial charge is 0.192 e. The first kappa shape index (κ1) is 88.9. The number of benzene rings is 14. The van der Waals surface area contributed by atoms with Crippen LogP contribution in [0.15, 0.2) is 370 Å². The van der Waals surface area contributed by atoms with Gasteiger partial charge in [-0.25, -0.2) is 0 Å². The SMILES string of the molecule is Cc1cc(C)c(C)cc1C.Cc1cc(C)c(C)cc1C.Cc1ccc(C)cc1.N#Cc1cccc(C#N)c1.N#Cc1cccc(C#N)c1.N#Cc1ccccc1.N#Cc1ccccc1.N#Cc1ccccc1.c1ccc(Cc2ccccc2)cc1.c1ccc(Cc2ccccc2)cc1.c1ccc(Cc2ccccc2)cc1. The molecule has 0 fully saturated rings. The monoisotopic (exact) mass is 1440 g/mol. The summed E-state index contributed by atoms with van der Waals surface area (Å²) in [5.74, 6) is 0. The lowest BCUT2D eigenvalue weighted by atomic mass is 10.0. The van der Waals surface area contributed by atoms with Gasteiger partial charge in [-0.3, -0.25) is 0 Å². The zero-order valence-electron chi connectivity index (χ0n) is 65.5. The average molecular weight is 1440 g/mol. The maximum absolute atomic E-state index is 8.40. The quantitative estimate of drug-likeness (QED) is 0.160. The lowest BCUT2D eigenvalue weighted by Crippen LogP contribution is -1.86. The second kappa shape index (κ2) is 54.2. The van der Waals surface area contributed by atoms with Crippen molar-refractivity contribution in [2.24, 2.45) is 0 Å². The molecule has 7 heteroatoms. The van der Waals surface area contributed by atoms with Crippen molar-refractivity contribution in [3.05, 3.63) is 498 Å². The standard InChI is InChI=1S/3C13H12.2C10H14.2C8H4N2.C8H10.3C7H5N/c3*1-3-7-12(8-4-1)11-13-9-5-2-6-10-13;2*1-7-5-9(3)10(4)6-8(7)2;2*9-5-7-2-1-3-8(4-7)6-10;1-7-3-5-8(2)6-4-7;3*8-6-7-4-2-1-3-5-7/h3*1-10H,11H2;2*5-6H,1-4H3;2*1-4H;3-6H,1-2H3;3*1-5H. The van der Waals surface area contributed by atoms with Gasteiger partial charge in [0, 0.05) is 0 Å². The van der Waals surface area contributed by atoms with E-state index in [4.69, 9.17) is 36.8 Å². The first-order valence-electron chi connectivity index (χ1n) is 36.4. The third-order valence-electron chi connectivity index (χ3n) is 16.7. The van der Waals surface area contributed by atoms with Gasteiger partial charge in [0.05, 0.1) is 81.4 Å². The first-order chi connectivity index (χ1) is 53.9. The van der Waals surface area contributed by atoms with Gasteiger partial charge in [-0.2, -0.15) is 36.8 Å². The van der Waals surface area contributed by atoms with Crippen LogP contribution in [0, 0.1) is 149 Å². The molecule has 7 nitrogen and oxygen atoms in total. The van der Waals surface area contributed by atoms with E-state index >= 15 is 0 Å². The maximum atomic E-state index is 8.40. The Morgan fingerprint density at radius 2 is 0.288 bits per heavy atom. The second-order valence-electron chi connectivity index (χ2n) is 25.7. The predicted molar refractivity (Wildman–Crippen MR) is 459 cm³/mol. The Morgan fingerprint density at radius 3 is 0.423 bits per heavy atom. The van der Waals surface area contributed by atoms with Gasteiger partial charge >= 0.3 is 0 Å². The maximum Gasteiger partial charge on any atom is 0.0992 e. The number of nitrogens with zero attached hydrogens (tertiary/aromatic N) is 7. The lowest BCUT2D eigenvalue weighted by Gasteiger charge is -2.04. The van der Waals surface area contributed by atoms with Crippen molar-refractivity contribution in [2.45, 2.75) is 88.5 Å². The molecule has 0 saturated carbocycles. The molecule has 0 radical (unpaired) electrons. The van der Waals surface area contributed by atoms with E-state index in [1.54, 1.807) is 84.9 Å². The summed E-state index contributed by atoms with van der Waals surface area (Å²) in [7, 11) is 0. The fraction of sp³-hybridized carbons (Fsp3) is 0.125. The van der Waals surface area contributed by atoms with Crippen LogP contribution >= 0.6 is 0 Å². The molecule has 0 aromatic heterocycles. The molecule has 111 heavy (non-hydrogen) atoms. The van der Waals surface area contributed by atoms with Crippen molar-refractivity contribution < 1.29 is 0 Å². The number of hydrogen-bond donors (Lipinski definition) is 0. The van der Waals surface area contributed by atoms with Crippen molar-refractivity contribution in [3.8, 4) is 42.5 Å². The number of hydrogen-bond acceptors (Lipinski definition) is 7. The van der Waals surface area contributed by atoms with Crippen molar-refractivity contribution in [1.82, 2.24) is 0 Å². The summed E-state index contributed by atoms with van der Waals surface area (Å²) in [5, 5.41) is 58.5. The van der Waals surface area contributed by atoms with Crippen molar-refractivity contribution in [2.75, 3.05) is 0 Å². The van der Waals surface area contributed by atoms with Crippen LogP contribution in [-0.2, 0) is 19.3 Å². The Labute approximate surface area is 661 Å². The van der Waals surface area contributed by atoms with Gasteiger partial charge in [0.2, 0.25) is 0 Å². The molecule has 14 rings (SSSR count). The van der Waals surface area contributed by atoms with Gasteiger partial charge < -0.3 is 0 Å². The summed E-state index contributed by atoms with van der Waals surface area (Å²) in [6.07, 6.45) is 3.09. The third kappa shape index (κ3) is 39.4. The van der Waals surface area contributed by atoms with Crippen LogP contribution < -0.4 is 0 Å². The molecule has 0 amide bonds. The Bertz CT molecular complexity index is 4500. The Kier molecular flexibility index (Phi) is 43.4. The second-order valence-corrected chi connectivity index (χ2v) is 25.7. The molecule has 0 aliphatic carbocycles. The minimum atomic E-state index is 0.527. The number of rotatable bonds is 6. The molecule has 0 heterocycles. The fourth-order valence-electron chi connectivity index (χ4n) is 9.98. The van der Waals surface area contributed by atoms with Crippen LogP contribution in [0.3, 0.4) is 0 Å². The van der Waals surface area contributed by atoms with E-state index in [-0.39, 0.29) is 0 Å². The molecule has 14 aromatic rings. The number of aryl methyl sites for hydroxylation is 10. The number of nitriles is 7. The fourth-order valence-corrected chi connectivity index (χ4v) is 9.98. The molecular weight excluding hydrogens is 1350 g/mol. The molecule has 0 bridgehead atoms. The minimum Gasteiger partial charge on any atom is -0.192 e. The summed E-state index contributed by atoms with van der Waals surface area (Å²) in [4.78, 5) is 0. The van der Waals surface area contributed by atoms with E-state index in [0.29, 0.717) is 38.9 Å². The van der Waals surface area contributed by atoms with Gasteiger partial charge in [-0.15, -0.1) is 0 Å². The summed E-state index contributed by atoms with van der Waals surface area (Å²) in [6, 6.07) is 135. The molecule has 0 saturated heterocycles. The highest BCUT2D eigenvalue weighted by molar-refractivity contribution is 5.41. The lowest BCUT2D eigenvalue weighted by molar-refractivity contribution is 1.19. The van der Waals surface area contributed by atoms with Gasteiger partial charge in [0.25, 0.3) is 0 Å². The Hall–Kier alpha value is -14.5. The molecule has 0 aliphatic rings. The summed E-state index contributed by atoms with van der Waals surface area (Å²) in [6.45, 7) is 21.4. The molecule has 0 unspecified atom stereocenters. The molecule has 0 spiro atoms. The van der Waals surface area contributed by atoms with Gasteiger partial charge in [0.1, 0.15) is 0 Å². The van der Waals surface area contributed by atoms with Crippen LogP contribution in [0.1, 0.15) is 128 Å². The van der Waals surface area contributed by atoms with Gasteiger partial charge in [-0.1, -0.05) is 308 Å². The highest BCUT2D eigenvalue weighted by Crippen LogP contribution is 2.16. The Morgan fingerprint density at radius 1 is 0.153 bits per heavy atom. The van der Waals surface area contributed by atoms with E-state index in [0.717, 1.165) is 19.3 Å². The zero-order chi connectivity index (χ0) is 80.5. The smallest absolute Gasteiger partial charge is 0.0992 e. The highest BCUT2D eigenvalue weighted by Gasteiger charge is 2.00.